The van der Waals surface area contributed by atoms with E-state index in [9.17, 15) is 4.79 Å². The molecule has 1 aromatic carbocycles. The van der Waals surface area contributed by atoms with Crippen molar-refractivity contribution in [1.29, 1.82) is 0 Å². The summed E-state index contributed by atoms with van der Waals surface area (Å²) in [6.07, 6.45) is 0.823. The maximum atomic E-state index is 11.9. The average Bonchev–Trinajstić information content (AvgIpc) is 2.72. The first kappa shape index (κ1) is 14.4. The zero-order valence-corrected chi connectivity index (χ0v) is 11.3. The summed E-state index contributed by atoms with van der Waals surface area (Å²) in [5.41, 5.74) is 6.75. The summed E-state index contributed by atoms with van der Waals surface area (Å²) in [6, 6.07) is 8.23. The van der Waals surface area contributed by atoms with Crippen LogP contribution in [0, 0.1) is 0 Å². The van der Waals surface area contributed by atoms with Gasteiger partial charge in [-0.1, -0.05) is 18.2 Å². The fourth-order valence-electron chi connectivity index (χ4n) is 1.72. The van der Waals surface area contributed by atoms with Gasteiger partial charge >= 0.3 is 0 Å². The highest BCUT2D eigenvalue weighted by Gasteiger charge is 2.28. The van der Waals surface area contributed by atoms with Gasteiger partial charge in [0, 0.05) is 17.5 Å². The van der Waals surface area contributed by atoms with Crippen molar-refractivity contribution in [1.82, 2.24) is 5.32 Å². The Morgan fingerprint density at radius 2 is 2.29 bits per heavy atom. The molecule has 3 N–H and O–H groups in total. The number of halogens is 1. The summed E-state index contributed by atoms with van der Waals surface area (Å²) in [5, 5.41) is 2.93. The molecule has 1 aliphatic heterocycles. The van der Waals surface area contributed by atoms with Crippen LogP contribution in [0.5, 0.6) is 0 Å². The molecule has 0 spiro atoms. The van der Waals surface area contributed by atoms with Crippen LogP contribution in [0.3, 0.4) is 0 Å². The third-order valence-corrected chi connectivity index (χ3v) is 4.00. The average molecular weight is 273 g/mol. The molecule has 0 saturated carbocycles. The van der Waals surface area contributed by atoms with Crippen LogP contribution >= 0.6 is 24.2 Å². The molecule has 1 amide bonds. The Hall–Kier alpha value is -0.710. The quantitative estimate of drug-likeness (QED) is 0.879. The van der Waals surface area contributed by atoms with E-state index in [0.29, 0.717) is 6.54 Å². The second-order valence-corrected chi connectivity index (χ2v) is 5.31. The van der Waals surface area contributed by atoms with E-state index in [1.165, 1.54) is 10.5 Å². The second kappa shape index (κ2) is 6.28. The molecule has 0 saturated heterocycles. The van der Waals surface area contributed by atoms with Crippen molar-refractivity contribution in [3.05, 3.63) is 29.8 Å². The van der Waals surface area contributed by atoms with E-state index in [1.54, 1.807) is 11.8 Å². The first-order valence-electron chi connectivity index (χ1n) is 5.45. The van der Waals surface area contributed by atoms with Crippen molar-refractivity contribution < 1.29 is 4.79 Å². The zero-order valence-electron chi connectivity index (χ0n) is 9.68. The number of nitrogens with one attached hydrogen (secondary N) is 1. The first-order valence-corrected chi connectivity index (χ1v) is 6.33. The number of carbonyl (C=O) groups is 1. The van der Waals surface area contributed by atoms with E-state index in [2.05, 4.69) is 17.4 Å². The standard InChI is InChI=1S/C12H16N2OS.ClH/c1-8(7-13)14-12(15)11-6-9-4-2-3-5-10(9)16-11;/h2-5,8,11H,6-7,13H2,1H3,(H,14,15);1H/t8-,11?;/m1./s1. The largest absolute Gasteiger partial charge is 0.351 e. The molecule has 5 heteroatoms. The summed E-state index contributed by atoms with van der Waals surface area (Å²) in [7, 11) is 0. The molecule has 2 atom stereocenters. The lowest BCUT2D eigenvalue weighted by molar-refractivity contribution is -0.121. The SMILES string of the molecule is C[C@H](CN)NC(=O)C1Cc2ccccc2S1.Cl. The van der Waals surface area contributed by atoms with Crippen molar-refractivity contribution in [3.63, 3.8) is 0 Å². The molecule has 0 aromatic heterocycles. The van der Waals surface area contributed by atoms with E-state index >= 15 is 0 Å². The molecule has 0 fully saturated rings. The molecule has 0 aliphatic carbocycles. The summed E-state index contributed by atoms with van der Waals surface area (Å²) < 4.78 is 0. The van der Waals surface area contributed by atoms with Crippen LogP contribution in [-0.2, 0) is 11.2 Å². The van der Waals surface area contributed by atoms with E-state index in [-0.39, 0.29) is 29.6 Å². The third-order valence-electron chi connectivity index (χ3n) is 2.68. The lowest BCUT2D eigenvalue weighted by atomic mass is 10.1. The van der Waals surface area contributed by atoms with Gasteiger partial charge in [0.1, 0.15) is 0 Å². The molecule has 1 aromatic rings. The van der Waals surface area contributed by atoms with Crippen LogP contribution in [0.4, 0.5) is 0 Å². The summed E-state index contributed by atoms with van der Waals surface area (Å²) in [5.74, 6) is 0.0964. The molecule has 0 bridgehead atoms. The Kier molecular flexibility index (Phi) is 5.31. The number of hydrogen-bond acceptors (Lipinski definition) is 3. The number of amides is 1. The number of thioether (sulfide) groups is 1. The fourth-order valence-corrected chi connectivity index (χ4v) is 2.93. The Morgan fingerprint density at radius 1 is 1.59 bits per heavy atom. The van der Waals surface area contributed by atoms with Gasteiger partial charge in [-0.15, -0.1) is 24.2 Å². The van der Waals surface area contributed by atoms with Crippen LogP contribution in [-0.4, -0.2) is 23.7 Å². The highest BCUT2D eigenvalue weighted by atomic mass is 35.5. The maximum Gasteiger partial charge on any atom is 0.234 e. The fraction of sp³-hybridized carbons (Fsp3) is 0.417. The molecule has 94 valence electrons. The second-order valence-electron chi connectivity index (χ2n) is 4.06. The summed E-state index contributed by atoms with van der Waals surface area (Å²) in [6.45, 7) is 2.40. The Morgan fingerprint density at radius 3 is 2.94 bits per heavy atom. The minimum atomic E-state index is 0. The van der Waals surface area contributed by atoms with Gasteiger partial charge < -0.3 is 11.1 Å². The Bertz CT molecular complexity index is 375. The number of carbonyl (C=O) groups excluding carboxylic acids is 1. The van der Waals surface area contributed by atoms with E-state index < -0.39 is 0 Å². The summed E-state index contributed by atoms with van der Waals surface area (Å²) >= 11 is 1.64. The predicted molar refractivity (Wildman–Crippen MR) is 73.7 cm³/mol. The molecule has 1 unspecified atom stereocenters. The third kappa shape index (κ3) is 3.37. The number of rotatable bonds is 3. The van der Waals surface area contributed by atoms with Crippen LogP contribution in [0.2, 0.25) is 0 Å². The molecule has 17 heavy (non-hydrogen) atoms. The molecule has 1 aliphatic rings. The molecule has 0 radical (unpaired) electrons. The van der Waals surface area contributed by atoms with Crippen molar-refractivity contribution in [3.8, 4) is 0 Å². The smallest absolute Gasteiger partial charge is 0.234 e. The van der Waals surface area contributed by atoms with E-state index in [0.717, 1.165) is 6.42 Å². The van der Waals surface area contributed by atoms with Crippen molar-refractivity contribution >= 4 is 30.1 Å². The predicted octanol–water partition coefficient (Wildman–Crippen LogP) is 1.59. The van der Waals surface area contributed by atoms with Gasteiger partial charge in [-0.05, 0) is 25.0 Å². The number of hydrogen-bond donors (Lipinski definition) is 2. The van der Waals surface area contributed by atoms with Gasteiger partial charge in [0.25, 0.3) is 0 Å². The summed E-state index contributed by atoms with van der Waals surface area (Å²) in [4.78, 5) is 13.1. The van der Waals surface area contributed by atoms with Crippen molar-refractivity contribution in [2.24, 2.45) is 5.73 Å². The minimum Gasteiger partial charge on any atom is -0.351 e. The van der Waals surface area contributed by atoms with Gasteiger partial charge in [0.2, 0.25) is 5.91 Å². The highest BCUT2D eigenvalue weighted by molar-refractivity contribution is 8.01. The van der Waals surface area contributed by atoms with Crippen molar-refractivity contribution in [2.45, 2.75) is 29.5 Å². The van der Waals surface area contributed by atoms with Gasteiger partial charge in [-0.2, -0.15) is 0 Å². The maximum absolute atomic E-state index is 11.9. The Balaban J connectivity index is 0.00000144. The molecular weight excluding hydrogens is 256 g/mol. The van der Waals surface area contributed by atoms with Crippen LogP contribution in [0.1, 0.15) is 12.5 Å². The highest BCUT2D eigenvalue weighted by Crippen LogP contribution is 2.36. The first-order chi connectivity index (χ1) is 7.70. The molecule has 3 nitrogen and oxygen atoms in total. The minimum absolute atomic E-state index is 0. The van der Waals surface area contributed by atoms with E-state index in [1.807, 2.05) is 19.1 Å². The number of nitrogens with two attached hydrogens (primary N) is 1. The van der Waals surface area contributed by atoms with Gasteiger partial charge in [-0.25, -0.2) is 0 Å². The molecular formula is C12H17ClN2OS. The molecule has 2 rings (SSSR count). The van der Waals surface area contributed by atoms with Crippen LogP contribution in [0.25, 0.3) is 0 Å². The lowest BCUT2D eigenvalue weighted by Crippen LogP contribution is -2.42. The van der Waals surface area contributed by atoms with Gasteiger partial charge in [-0.3, -0.25) is 4.79 Å². The monoisotopic (exact) mass is 272 g/mol. The number of benzene rings is 1. The van der Waals surface area contributed by atoms with Crippen LogP contribution < -0.4 is 11.1 Å². The van der Waals surface area contributed by atoms with Gasteiger partial charge in [0.15, 0.2) is 0 Å². The van der Waals surface area contributed by atoms with Crippen LogP contribution in [0.15, 0.2) is 29.2 Å². The van der Waals surface area contributed by atoms with E-state index in [4.69, 9.17) is 5.73 Å². The molecule has 1 heterocycles. The lowest BCUT2D eigenvalue weighted by Gasteiger charge is -2.14. The Labute approximate surface area is 112 Å². The van der Waals surface area contributed by atoms with Gasteiger partial charge in [0.05, 0.1) is 5.25 Å². The zero-order chi connectivity index (χ0) is 11.5. The topological polar surface area (TPSA) is 55.1 Å². The normalized spacial score (nSPS) is 19.1. The number of fused-ring (bicyclic) bond motifs is 1. The van der Waals surface area contributed by atoms with Crippen molar-refractivity contribution in [2.75, 3.05) is 6.54 Å².